The smallest absolute Gasteiger partial charge is 0.227 e. The number of piperidine rings is 1. The molecule has 0 spiro atoms. The van der Waals surface area contributed by atoms with Gasteiger partial charge < -0.3 is 10.2 Å². The Morgan fingerprint density at radius 1 is 0.862 bits per heavy atom. The van der Waals surface area contributed by atoms with Crippen molar-refractivity contribution in [2.45, 2.75) is 18.9 Å². The number of benzene rings is 2. The zero-order chi connectivity index (χ0) is 18.5. The Hall–Kier alpha value is -1.59. The van der Waals surface area contributed by atoms with Crippen LogP contribution in [-0.4, -0.2) is 55.0 Å². The van der Waals surface area contributed by atoms with E-state index in [0.717, 1.165) is 52.1 Å². The highest BCUT2D eigenvalue weighted by Gasteiger charge is 2.31. The van der Waals surface area contributed by atoms with Crippen molar-refractivity contribution in [2.24, 2.45) is 5.92 Å². The van der Waals surface area contributed by atoms with Gasteiger partial charge in [-0.1, -0.05) is 60.7 Å². The molecule has 6 heteroatoms. The maximum absolute atomic E-state index is 12.8. The average Bonchev–Trinajstić information content (AvgIpc) is 2.76. The zero-order valence-electron chi connectivity index (χ0n) is 16.7. The molecule has 2 aromatic carbocycles. The molecule has 0 radical (unpaired) electrons. The number of hydrogen-bond acceptors (Lipinski definition) is 3. The first kappa shape index (κ1) is 23.7. The van der Waals surface area contributed by atoms with Crippen LogP contribution in [0.2, 0.25) is 0 Å². The standard InChI is InChI=1S/C23H29N3O.2ClH/c27-23(21-12-7-13-24-18-21)26-16-14-25(15-17-26)22(19-8-3-1-4-9-19)20-10-5-2-6-11-20;;/h1-6,8-11,21-22,24H,7,12-18H2;2*1H. The lowest BCUT2D eigenvalue weighted by Crippen LogP contribution is -2.52. The van der Waals surface area contributed by atoms with Crippen molar-refractivity contribution in [3.05, 3.63) is 71.8 Å². The summed E-state index contributed by atoms with van der Waals surface area (Å²) in [5, 5.41) is 3.37. The lowest BCUT2D eigenvalue weighted by Gasteiger charge is -2.41. The topological polar surface area (TPSA) is 35.6 Å². The van der Waals surface area contributed by atoms with Crippen molar-refractivity contribution < 1.29 is 4.79 Å². The summed E-state index contributed by atoms with van der Waals surface area (Å²) < 4.78 is 0. The molecule has 2 saturated heterocycles. The number of piperazine rings is 1. The third kappa shape index (κ3) is 5.73. The molecule has 1 amide bonds. The van der Waals surface area contributed by atoms with Crippen LogP contribution >= 0.6 is 24.8 Å². The summed E-state index contributed by atoms with van der Waals surface area (Å²) in [4.78, 5) is 17.4. The maximum atomic E-state index is 12.8. The van der Waals surface area contributed by atoms with E-state index in [2.05, 4.69) is 75.8 Å². The number of hydrogen-bond donors (Lipinski definition) is 1. The van der Waals surface area contributed by atoms with Gasteiger partial charge in [0.25, 0.3) is 0 Å². The Bertz CT molecular complexity index is 691. The van der Waals surface area contributed by atoms with E-state index in [1.807, 2.05) is 0 Å². The first-order valence-corrected chi connectivity index (χ1v) is 10.2. The normalized spacial score (nSPS) is 19.9. The van der Waals surface area contributed by atoms with Crippen LogP contribution in [0, 0.1) is 5.92 Å². The highest BCUT2D eigenvalue weighted by molar-refractivity contribution is 5.85. The van der Waals surface area contributed by atoms with E-state index >= 15 is 0 Å². The molecule has 29 heavy (non-hydrogen) atoms. The van der Waals surface area contributed by atoms with Crippen LogP contribution < -0.4 is 5.32 Å². The summed E-state index contributed by atoms with van der Waals surface area (Å²) in [6, 6.07) is 21.7. The lowest BCUT2D eigenvalue weighted by molar-refractivity contribution is -0.138. The van der Waals surface area contributed by atoms with Crippen molar-refractivity contribution in [2.75, 3.05) is 39.3 Å². The number of amides is 1. The molecule has 0 aliphatic carbocycles. The number of nitrogens with zero attached hydrogens (tertiary/aromatic N) is 2. The Balaban J connectivity index is 0.00000150. The molecule has 4 rings (SSSR count). The van der Waals surface area contributed by atoms with Gasteiger partial charge >= 0.3 is 0 Å². The molecule has 1 N–H and O–H groups in total. The highest BCUT2D eigenvalue weighted by atomic mass is 35.5. The molecular weight excluding hydrogens is 405 g/mol. The summed E-state index contributed by atoms with van der Waals surface area (Å²) in [6.45, 7) is 5.38. The number of halogens is 2. The van der Waals surface area contributed by atoms with Gasteiger partial charge in [0, 0.05) is 32.7 Å². The fraction of sp³-hybridized carbons (Fsp3) is 0.435. The average molecular weight is 436 g/mol. The minimum Gasteiger partial charge on any atom is -0.340 e. The Morgan fingerprint density at radius 2 is 1.41 bits per heavy atom. The molecule has 158 valence electrons. The third-order valence-corrected chi connectivity index (χ3v) is 5.87. The molecule has 1 unspecified atom stereocenters. The van der Waals surface area contributed by atoms with Gasteiger partial charge in [-0.3, -0.25) is 9.69 Å². The van der Waals surface area contributed by atoms with Crippen molar-refractivity contribution in [1.82, 2.24) is 15.1 Å². The summed E-state index contributed by atoms with van der Waals surface area (Å²) in [5.74, 6) is 0.516. The van der Waals surface area contributed by atoms with Crippen LogP contribution in [0.3, 0.4) is 0 Å². The van der Waals surface area contributed by atoms with Crippen LogP contribution in [0.25, 0.3) is 0 Å². The van der Waals surface area contributed by atoms with E-state index in [1.54, 1.807) is 0 Å². The molecule has 1 atom stereocenters. The number of carbonyl (C=O) groups excluding carboxylic acids is 1. The fourth-order valence-electron chi connectivity index (χ4n) is 4.41. The lowest BCUT2D eigenvalue weighted by atomic mass is 9.95. The van der Waals surface area contributed by atoms with Gasteiger partial charge in [0.2, 0.25) is 5.91 Å². The van der Waals surface area contributed by atoms with Crippen LogP contribution in [0.1, 0.15) is 30.0 Å². The van der Waals surface area contributed by atoms with Gasteiger partial charge in [-0.15, -0.1) is 24.8 Å². The zero-order valence-corrected chi connectivity index (χ0v) is 18.3. The second-order valence-electron chi connectivity index (χ2n) is 7.63. The molecule has 2 aliphatic heterocycles. The van der Waals surface area contributed by atoms with E-state index in [4.69, 9.17) is 0 Å². The summed E-state index contributed by atoms with van der Waals surface area (Å²) >= 11 is 0. The number of nitrogens with one attached hydrogen (secondary N) is 1. The van der Waals surface area contributed by atoms with Crippen LogP contribution in [0.15, 0.2) is 60.7 Å². The molecule has 0 aromatic heterocycles. The van der Waals surface area contributed by atoms with Gasteiger partial charge in [0.05, 0.1) is 12.0 Å². The second-order valence-corrected chi connectivity index (χ2v) is 7.63. The highest BCUT2D eigenvalue weighted by Crippen LogP contribution is 2.29. The van der Waals surface area contributed by atoms with Crippen LogP contribution in [0.5, 0.6) is 0 Å². The Morgan fingerprint density at radius 3 is 1.90 bits per heavy atom. The summed E-state index contributed by atoms with van der Waals surface area (Å²) in [5.41, 5.74) is 2.64. The molecule has 0 bridgehead atoms. The molecular formula is C23H31Cl2N3O. The van der Waals surface area contributed by atoms with Crippen LogP contribution in [-0.2, 0) is 4.79 Å². The van der Waals surface area contributed by atoms with Gasteiger partial charge in [-0.05, 0) is 30.5 Å². The monoisotopic (exact) mass is 435 g/mol. The maximum Gasteiger partial charge on any atom is 0.227 e. The van der Waals surface area contributed by atoms with E-state index < -0.39 is 0 Å². The fourth-order valence-corrected chi connectivity index (χ4v) is 4.41. The predicted molar refractivity (Wildman–Crippen MR) is 123 cm³/mol. The van der Waals surface area contributed by atoms with Crippen molar-refractivity contribution in [3.8, 4) is 0 Å². The van der Waals surface area contributed by atoms with E-state index in [1.165, 1.54) is 11.1 Å². The summed E-state index contributed by atoms with van der Waals surface area (Å²) in [6.07, 6.45) is 2.14. The van der Waals surface area contributed by atoms with Gasteiger partial charge in [-0.25, -0.2) is 0 Å². The molecule has 4 nitrogen and oxygen atoms in total. The summed E-state index contributed by atoms with van der Waals surface area (Å²) in [7, 11) is 0. The number of carbonyl (C=O) groups is 1. The van der Waals surface area contributed by atoms with E-state index in [0.29, 0.717) is 5.91 Å². The largest absolute Gasteiger partial charge is 0.340 e. The Labute approximate surface area is 186 Å². The second kappa shape index (κ2) is 11.6. The molecule has 2 heterocycles. The van der Waals surface area contributed by atoms with Crippen molar-refractivity contribution in [3.63, 3.8) is 0 Å². The van der Waals surface area contributed by atoms with Crippen molar-refractivity contribution in [1.29, 1.82) is 0 Å². The van der Waals surface area contributed by atoms with Crippen molar-refractivity contribution >= 4 is 30.7 Å². The third-order valence-electron chi connectivity index (χ3n) is 5.87. The quantitative estimate of drug-likeness (QED) is 0.793. The minimum atomic E-state index is 0. The van der Waals surface area contributed by atoms with Gasteiger partial charge in [0.15, 0.2) is 0 Å². The SMILES string of the molecule is Cl.Cl.O=C(C1CCCNC1)N1CCN(C(c2ccccc2)c2ccccc2)CC1. The Kier molecular flexibility index (Phi) is 9.44. The first-order chi connectivity index (χ1) is 13.3. The predicted octanol–water partition coefficient (Wildman–Crippen LogP) is 3.76. The van der Waals surface area contributed by atoms with Crippen LogP contribution in [0.4, 0.5) is 0 Å². The minimum absolute atomic E-state index is 0. The molecule has 2 aromatic rings. The van der Waals surface area contributed by atoms with Gasteiger partial charge in [0.1, 0.15) is 0 Å². The number of rotatable bonds is 4. The van der Waals surface area contributed by atoms with E-state index in [-0.39, 0.29) is 36.8 Å². The van der Waals surface area contributed by atoms with Gasteiger partial charge in [-0.2, -0.15) is 0 Å². The first-order valence-electron chi connectivity index (χ1n) is 10.2. The molecule has 2 fully saturated rings. The van der Waals surface area contributed by atoms with E-state index in [9.17, 15) is 4.79 Å². The molecule has 2 aliphatic rings. The molecule has 0 saturated carbocycles.